The maximum absolute atomic E-state index is 7.01. The summed E-state index contributed by atoms with van der Waals surface area (Å²) in [5, 5.41) is 14.8. The van der Waals surface area contributed by atoms with E-state index in [1.807, 2.05) is 0 Å². The summed E-state index contributed by atoms with van der Waals surface area (Å²) in [6, 6.07) is 71.8. The zero-order chi connectivity index (χ0) is 39.7. The Balaban J connectivity index is 0.980. The van der Waals surface area contributed by atoms with E-state index in [4.69, 9.17) is 4.42 Å². The highest BCUT2D eigenvalue weighted by Crippen LogP contribution is 2.53. The minimum Gasteiger partial charge on any atom is -0.456 e. The van der Waals surface area contributed by atoms with Crippen molar-refractivity contribution in [3.05, 3.63) is 205 Å². The maximum atomic E-state index is 7.01. The molecule has 0 fully saturated rings. The highest BCUT2D eigenvalue weighted by atomic mass is 16.3. The van der Waals surface area contributed by atoms with Crippen molar-refractivity contribution in [2.24, 2.45) is 0 Å². The second-order valence-corrected chi connectivity index (χ2v) is 17.1. The molecular weight excluding hydrogens is 725 g/mol. The molecule has 1 aliphatic rings. The fourth-order valence-electron chi connectivity index (χ4n) is 10.9. The van der Waals surface area contributed by atoms with Gasteiger partial charge in [0.05, 0.1) is 0 Å². The Morgan fingerprint density at radius 3 is 1.67 bits per heavy atom. The third-order valence-corrected chi connectivity index (χ3v) is 13.6. The van der Waals surface area contributed by atoms with Crippen molar-refractivity contribution in [2.45, 2.75) is 19.3 Å². The van der Waals surface area contributed by atoms with Gasteiger partial charge in [-0.1, -0.05) is 184 Å². The van der Waals surface area contributed by atoms with E-state index >= 15 is 0 Å². The fraction of sp³-hybridized carbons (Fsp3) is 0.0508. The molecule has 13 rings (SSSR count). The van der Waals surface area contributed by atoms with Crippen LogP contribution in [0.1, 0.15) is 25.0 Å². The predicted molar refractivity (Wildman–Crippen MR) is 255 cm³/mol. The Morgan fingerprint density at radius 1 is 0.350 bits per heavy atom. The second kappa shape index (κ2) is 12.3. The van der Waals surface area contributed by atoms with E-state index in [1.54, 1.807) is 0 Å². The van der Waals surface area contributed by atoms with Crippen LogP contribution in [0.25, 0.3) is 120 Å². The van der Waals surface area contributed by atoms with Crippen LogP contribution in [-0.4, -0.2) is 0 Å². The molecule has 0 N–H and O–H groups in total. The first-order chi connectivity index (χ1) is 29.5. The van der Waals surface area contributed by atoms with Gasteiger partial charge in [0.25, 0.3) is 0 Å². The van der Waals surface area contributed by atoms with Crippen LogP contribution in [0.2, 0.25) is 0 Å². The Labute approximate surface area is 347 Å². The Kier molecular flexibility index (Phi) is 6.85. The number of furan rings is 1. The quantitative estimate of drug-likeness (QED) is 0.163. The maximum Gasteiger partial charge on any atom is 0.140 e. The summed E-state index contributed by atoms with van der Waals surface area (Å²) in [7, 11) is 0. The lowest BCUT2D eigenvalue weighted by Gasteiger charge is -2.21. The summed E-state index contributed by atoms with van der Waals surface area (Å²) in [6.45, 7) is 4.67. The van der Waals surface area contributed by atoms with Gasteiger partial charge in [-0.05, 0) is 128 Å². The lowest BCUT2D eigenvalue weighted by Crippen LogP contribution is -2.15. The lowest BCUT2D eigenvalue weighted by atomic mass is 9.81. The summed E-state index contributed by atoms with van der Waals surface area (Å²) < 4.78 is 7.01. The molecule has 11 aromatic carbocycles. The Morgan fingerprint density at radius 2 is 0.917 bits per heavy atom. The molecule has 280 valence electrons. The van der Waals surface area contributed by atoms with Gasteiger partial charge in [-0.25, -0.2) is 0 Å². The number of hydrogen-bond donors (Lipinski definition) is 0. The van der Waals surface area contributed by atoms with E-state index in [9.17, 15) is 0 Å². The van der Waals surface area contributed by atoms with Gasteiger partial charge in [-0.2, -0.15) is 0 Å². The Hall–Kier alpha value is -7.48. The predicted octanol–water partition coefficient (Wildman–Crippen LogP) is 16.7. The summed E-state index contributed by atoms with van der Waals surface area (Å²) in [4.78, 5) is 0. The average molecular weight is 763 g/mol. The van der Waals surface area contributed by atoms with Gasteiger partial charge in [-0.3, -0.25) is 0 Å². The van der Waals surface area contributed by atoms with Crippen molar-refractivity contribution in [1.82, 2.24) is 0 Å². The van der Waals surface area contributed by atoms with Crippen LogP contribution in [0.15, 0.2) is 199 Å². The highest BCUT2D eigenvalue weighted by molar-refractivity contribution is 6.25. The van der Waals surface area contributed by atoms with Crippen molar-refractivity contribution < 1.29 is 4.42 Å². The van der Waals surface area contributed by atoms with Gasteiger partial charge in [-0.15, -0.1) is 0 Å². The normalized spacial score (nSPS) is 13.3. The van der Waals surface area contributed by atoms with Crippen LogP contribution < -0.4 is 0 Å². The van der Waals surface area contributed by atoms with Crippen molar-refractivity contribution >= 4 is 75.8 Å². The molecule has 1 heteroatoms. The van der Waals surface area contributed by atoms with Crippen molar-refractivity contribution in [3.8, 4) is 44.5 Å². The first-order valence-electron chi connectivity index (χ1n) is 21.0. The summed E-state index contributed by atoms with van der Waals surface area (Å²) in [6.07, 6.45) is 0. The molecule has 0 spiro atoms. The molecule has 0 atom stereocenters. The number of hydrogen-bond acceptors (Lipinski definition) is 1. The van der Waals surface area contributed by atoms with Crippen LogP contribution in [0.4, 0.5) is 0 Å². The van der Waals surface area contributed by atoms with Gasteiger partial charge in [0.2, 0.25) is 0 Å². The van der Waals surface area contributed by atoms with Gasteiger partial charge >= 0.3 is 0 Å². The molecule has 0 unspecified atom stereocenters. The summed E-state index contributed by atoms with van der Waals surface area (Å²) >= 11 is 0. The van der Waals surface area contributed by atoms with E-state index in [1.165, 1.54) is 120 Å². The van der Waals surface area contributed by atoms with Crippen molar-refractivity contribution in [2.75, 3.05) is 0 Å². The molecular formula is C59H38O. The molecule has 0 aliphatic heterocycles. The molecule has 60 heavy (non-hydrogen) atoms. The molecule has 1 heterocycles. The van der Waals surface area contributed by atoms with Gasteiger partial charge in [0, 0.05) is 21.8 Å². The van der Waals surface area contributed by atoms with E-state index in [0.29, 0.717) is 0 Å². The van der Waals surface area contributed by atoms with E-state index in [2.05, 4.69) is 208 Å². The van der Waals surface area contributed by atoms with E-state index in [-0.39, 0.29) is 5.41 Å². The van der Waals surface area contributed by atoms with Gasteiger partial charge in [0.1, 0.15) is 11.2 Å². The van der Waals surface area contributed by atoms with Crippen LogP contribution in [0.5, 0.6) is 0 Å². The van der Waals surface area contributed by atoms with Gasteiger partial charge < -0.3 is 4.42 Å². The lowest BCUT2D eigenvalue weighted by molar-refractivity contribution is 0.620. The topological polar surface area (TPSA) is 13.1 Å². The smallest absolute Gasteiger partial charge is 0.140 e. The van der Waals surface area contributed by atoms with E-state index < -0.39 is 0 Å². The van der Waals surface area contributed by atoms with Crippen LogP contribution in [0, 0.1) is 0 Å². The summed E-state index contributed by atoms with van der Waals surface area (Å²) in [5.41, 5.74) is 14.4. The molecule has 1 nitrogen and oxygen atoms in total. The third kappa shape index (κ3) is 4.58. The molecule has 12 aromatic rings. The number of rotatable bonds is 3. The highest BCUT2D eigenvalue weighted by Gasteiger charge is 2.38. The standard InChI is InChI=1S/C59H38O/c1-59(2)52-25-12-11-18-42(52)49-30-31-50-56-44-19-6-5-17-41(44)51(34-53(56)60-58(50)57(49)59)38-28-26-37-33-39(29-27-36(37)32-38)54-45-20-7-9-22-47(45)55(48-23-10-8-21-46(48)54)43-24-13-15-35-14-3-4-16-40(35)43/h3-34H,1-2H3. The molecule has 0 amide bonds. The minimum atomic E-state index is -0.160. The summed E-state index contributed by atoms with van der Waals surface area (Å²) in [5.74, 6) is 0. The molecule has 0 saturated heterocycles. The first kappa shape index (κ1) is 33.5. The van der Waals surface area contributed by atoms with Crippen molar-refractivity contribution in [3.63, 3.8) is 0 Å². The number of fused-ring (bicyclic) bond motifs is 13. The van der Waals surface area contributed by atoms with Crippen molar-refractivity contribution in [1.29, 1.82) is 0 Å². The monoisotopic (exact) mass is 762 g/mol. The second-order valence-electron chi connectivity index (χ2n) is 17.1. The average Bonchev–Trinajstić information content (AvgIpc) is 3.79. The zero-order valence-corrected chi connectivity index (χ0v) is 33.4. The van der Waals surface area contributed by atoms with E-state index in [0.717, 1.165) is 11.2 Å². The largest absolute Gasteiger partial charge is 0.456 e. The SMILES string of the molecule is CC1(C)c2ccccc2-c2ccc3c(oc4cc(-c5ccc6cc(-c7c8ccccc8c(-c8cccc9ccccc89)c8ccccc78)ccc6c5)c5ccccc5c43)c21. The zero-order valence-electron chi connectivity index (χ0n) is 33.4. The molecule has 0 saturated carbocycles. The number of benzene rings is 11. The van der Waals surface area contributed by atoms with Gasteiger partial charge in [0.15, 0.2) is 0 Å². The molecule has 0 radical (unpaired) electrons. The van der Waals surface area contributed by atoms with Crippen LogP contribution in [-0.2, 0) is 5.41 Å². The van der Waals surface area contributed by atoms with Crippen LogP contribution in [0.3, 0.4) is 0 Å². The third-order valence-electron chi connectivity index (χ3n) is 13.6. The Bertz CT molecular complexity index is 3740. The molecule has 1 aromatic heterocycles. The fourth-order valence-corrected chi connectivity index (χ4v) is 10.9. The molecule has 1 aliphatic carbocycles. The van der Waals surface area contributed by atoms with Crippen LogP contribution >= 0.6 is 0 Å². The minimum absolute atomic E-state index is 0.160. The first-order valence-corrected chi connectivity index (χ1v) is 21.0. The molecule has 0 bridgehead atoms.